The Morgan fingerprint density at radius 2 is 2.10 bits per heavy atom. The molecule has 0 radical (unpaired) electrons. The Labute approximate surface area is 121 Å². The standard InChI is InChI=1S/C16H25N3O/c1-16(6-8-19(2)9-7-16)12-18-15(20)14-5-3-4-13(10-14)11-17/h3-5,10H,6-9,11-12,17H2,1-2H3,(H,18,20). The summed E-state index contributed by atoms with van der Waals surface area (Å²) in [5.74, 6) is 0.000420. The van der Waals surface area contributed by atoms with Gasteiger partial charge in [0.2, 0.25) is 0 Å². The minimum absolute atomic E-state index is 0.000420. The Hall–Kier alpha value is -1.39. The van der Waals surface area contributed by atoms with E-state index in [-0.39, 0.29) is 11.3 Å². The van der Waals surface area contributed by atoms with E-state index >= 15 is 0 Å². The largest absolute Gasteiger partial charge is 0.351 e. The van der Waals surface area contributed by atoms with Crippen LogP contribution in [0.2, 0.25) is 0 Å². The molecule has 1 aromatic carbocycles. The van der Waals surface area contributed by atoms with Crippen LogP contribution in [0.1, 0.15) is 35.7 Å². The van der Waals surface area contributed by atoms with Gasteiger partial charge >= 0.3 is 0 Å². The average Bonchev–Trinajstić information content (AvgIpc) is 2.48. The number of likely N-dealkylation sites (tertiary alicyclic amines) is 1. The van der Waals surface area contributed by atoms with Crippen LogP contribution < -0.4 is 11.1 Å². The summed E-state index contributed by atoms with van der Waals surface area (Å²) >= 11 is 0. The predicted molar refractivity (Wildman–Crippen MR) is 81.5 cm³/mol. The molecule has 1 aliphatic rings. The molecule has 20 heavy (non-hydrogen) atoms. The maximum atomic E-state index is 12.2. The van der Waals surface area contributed by atoms with Crippen molar-refractivity contribution in [3.8, 4) is 0 Å². The van der Waals surface area contributed by atoms with Crippen molar-refractivity contribution >= 4 is 5.91 Å². The third kappa shape index (κ3) is 3.81. The quantitative estimate of drug-likeness (QED) is 0.877. The smallest absolute Gasteiger partial charge is 0.251 e. The van der Waals surface area contributed by atoms with Gasteiger partial charge in [0.05, 0.1) is 0 Å². The highest BCUT2D eigenvalue weighted by molar-refractivity contribution is 5.94. The van der Waals surface area contributed by atoms with E-state index in [2.05, 4.69) is 24.2 Å². The van der Waals surface area contributed by atoms with Crippen LogP contribution in [-0.4, -0.2) is 37.5 Å². The SMILES string of the molecule is CN1CCC(C)(CNC(=O)c2cccc(CN)c2)CC1. The maximum Gasteiger partial charge on any atom is 0.251 e. The molecule has 0 aromatic heterocycles. The van der Waals surface area contributed by atoms with Gasteiger partial charge in [0, 0.05) is 18.7 Å². The summed E-state index contributed by atoms with van der Waals surface area (Å²) in [5.41, 5.74) is 7.51. The summed E-state index contributed by atoms with van der Waals surface area (Å²) in [6, 6.07) is 7.53. The summed E-state index contributed by atoms with van der Waals surface area (Å²) in [6.07, 6.45) is 2.26. The molecule has 1 aliphatic heterocycles. The Kier molecular flexibility index (Phi) is 4.78. The number of benzene rings is 1. The lowest BCUT2D eigenvalue weighted by atomic mass is 9.80. The molecule has 1 saturated heterocycles. The lowest BCUT2D eigenvalue weighted by Crippen LogP contribution is -2.43. The number of nitrogens with zero attached hydrogens (tertiary/aromatic N) is 1. The molecule has 1 heterocycles. The van der Waals surface area contributed by atoms with Gasteiger partial charge < -0.3 is 16.0 Å². The van der Waals surface area contributed by atoms with Crippen molar-refractivity contribution in [3.05, 3.63) is 35.4 Å². The van der Waals surface area contributed by atoms with Gasteiger partial charge in [-0.2, -0.15) is 0 Å². The second-order valence-electron chi connectivity index (χ2n) is 6.20. The van der Waals surface area contributed by atoms with Gasteiger partial charge in [-0.1, -0.05) is 19.1 Å². The van der Waals surface area contributed by atoms with E-state index in [9.17, 15) is 4.79 Å². The molecule has 0 aliphatic carbocycles. The number of carbonyl (C=O) groups is 1. The zero-order valence-corrected chi connectivity index (χ0v) is 12.5. The lowest BCUT2D eigenvalue weighted by Gasteiger charge is -2.37. The second kappa shape index (κ2) is 6.37. The highest BCUT2D eigenvalue weighted by Crippen LogP contribution is 2.29. The highest BCUT2D eigenvalue weighted by Gasteiger charge is 2.29. The number of carbonyl (C=O) groups excluding carboxylic acids is 1. The average molecular weight is 275 g/mol. The molecule has 0 spiro atoms. The van der Waals surface area contributed by atoms with Crippen LogP contribution in [0.3, 0.4) is 0 Å². The van der Waals surface area contributed by atoms with Crippen molar-refractivity contribution in [2.24, 2.45) is 11.1 Å². The van der Waals surface area contributed by atoms with Gasteiger partial charge in [0.1, 0.15) is 0 Å². The molecular weight excluding hydrogens is 250 g/mol. The molecule has 2 rings (SSSR count). The van der Waals surface area contributed by atoms with Gasteiger partial charge in [0.15, 0.2) is 0 Å². The Bertz CT molecular complexity index is 465. The van der Waals surface area contributed by atoms with E-state index < -0.39 is 0 Å². The van der Waals surface area contributed by atoms with E-state index in [0.717, 1.165) is 38.0 Å². The molecular formula is C16H25N3O. The van der Waals surface area contributed by atoms with Crippen molar-refractivity contribution < 1.29 is 4.79 Å². The number of nitrogens with one attached hydrogen (secondary N) is 1. The maximum absolute atomic E-state index is 12.2. The molecule has 4 heteroatoms. The zero-order valence-electron chi connectivity index (χ0n) is 12.5. The van der Waals surface area contributed by atoms with Crippen LogP contribution in [0.25, 0.3) is 0 Å². The van der Waals surface area contributed by atoms with Crippen LogP contribution in [0, 0.1) is 5.41 Å². The van der Waals surface area contributed by atoms with Gasteiger partial charge in [-0.3, -0.25) is 4.79 Å². The van der Waals surface area contributed by atoms with Crippen LogP contribution in [0.15, 0.2) is 24.3 Å². The Morgan fingerprint density at radius 3 is 2.75 bits per heavy atom. The summed E-state index contributed by atoms with van der Waals surface area (Å²) in [7, 11) is 2.15. The van der Waals surface area contributed by atoms with E-state index in [0.29, 0.717) is 12.1 Å². The van der Waals surface area contributed by atoms with Crippen LogP contribution in [0.4, 0.5) is 0 Å². The summed E-state index contributed by atoms with van der Waals surface area (Å²) in [4.78, 5) is 14.5. The third-order valence-electron chi connectivity index (χ3n) is 4.29. The second-order valence-corrected chi connectivity index (χ2v) is 6.20. The van der Waals surface area contributed by atoms with Crippen molar-refractivity contribution in [1.82, 2.24) is 10.2 Å². The van der Waals surface area contributed by atoms with Crippen LogP contribution in [0.5, 0.6) is 0 Å². The fraction of sp³-hybridized carbons (Fsp3) is 0.562. The van der Waals surface area contributed by atoms with Gasteiger partial charge in [-0.15, -0.1) is 0 Å². The van der Waals surface area contributed by atoms with Crippen molar-refractivity contribution in [2.75, 3.05) is 26.7 Å². The van der Waals surface area contributed by atoms with Gasteiger partial charge in [-0.25, -0.2) is 0 Å². The number of piperidine rings is 1. The molecule has 3 N–H and O–H groups in total. The number of nitrogens with two attached hydrogens (primary N) is 1. The van der Waals surface area contributed by atoms with Crippen LogP contribution in [-0.2, 0) is 6.54 Å². The number of amides is 1. The predicted octanol–water partition coefficient (Wildman–Crippen LogP) is 1.61. The molecule has 4 nitrogen and oxygen atoms in total. The fourth-order valence-electron chi connectivity index (χ4n) is 2.57. The molecule has 0 saturated carbocycles. The summed E-state index contributed by atoms with van der Waals surface area (Å²) in [6.45, 7) is 5.68. The molecule has 0 bridgehead atoms. The van der Waals surface area contributed by atoms with E-state index in [1.807, 2.05) is 24.3 Å². The fourth-order valence-corrected chi connectivity index (χ4v) is 2.57. The third-order valence-corrected chi connectivity index (χ3v) is 4.29. The van der Waals surface area contributed by atoms with Crippen molar-refractivity contribution in [2.45, 2.75) is 26.3 Å². The molecule has 0 atom stereocenters. The summed E-state index contributed by atoms with van der Waals surface area (Å²) in [5, 5.41) is 3.08. The minimum Gasteiger partial charge on any atom is -0.351 e. The number of rotatable bonds is 4. The van der Waals surface area contributed by atoms with E-state index in [1.54, 1.807) is 0 Å². The molecule has 1 amide bonds. The first-order valence-electron chi connectivity index (χ1n) is 7.28. The minimum atomic E-state index is 0.000420. The first-order valence-corrected chi connectivity index (χ1v) is 7.28. The van der Waals surface area contributed by atoms with Crippen LogP contribution >= 0.6 is 0 Å². The first kappa shape index (κ1) is 15.0. The van der Waals surface area contributed by atoms with Gasteiger partial charge in [-0.05, 0) is 56.1 Å². The van der Waals surface area contributed by atoms with Crippen molar-refractivity contribution in [1.29, 1.82) is 0 Å². The number of hydrogen-bond donors (Lipinski definition) is 2. The van der Waals surface area contributed by atoms with E-state index in [1.165, 1.54) is 0 Å². The normalized spacial score (nSPS) is 18.8. The molecule has 1 fully saturated rings. The Balaban J connectivity index is 1.91. The van der Waals surface area contributed by atoms with Gasteiger partial charge in [0.25, 0.3) is 5.91 Å². The Morgan fingerprint density at radius 1 is 1.40 bits per heavy atom. The monoisotopic (exact) mass is 275 g/mol. The van der Waals surface area contributed by atoms with E-state index in [4.69, 9.17) is 5.73 Å². The first-order chi connectivity index (χ1) is 9.52. The number of hydrogen-bond acceptors (Lipinski definition) is 3. The lowest BCUT2D eigenvalue weighted by molar-refractivity contribution is 0.0891. The van der Waals surface area contributed by atoms with Crippen molar-refractivity contribution in [3.63, 3.8) is 0 Å². The molecule has 0 unspecified atom stereocenters. The zero-order chi connectivity index (χ0) is 14.6. The molecule has 110 valence electrons. The molecule has 1 aromatic rings. The highest BCUT2D eigenvalue weighted by atomic mass is 16.1. The topological polar surface area (TPSA) is 58.4 Å². The summed E-state index contributed by atoms with van der Waals surface area (Å²) < 4.78 is 0.